The summed E-state index contributed by atoms with van der Waals surface area (Å²) < 4.78 is 14.5. The third-order valence-electron chi connectivity index (χ3n) is 5.00. The molecule has 1 N–H and O–H groups in total. The Bertz CT molecular complexity index is 661. The van der Waals surface area contributed by atoms with Gasteiger partial charge in [-0.05, 0) is 39.0 Å². The third kappa shape index (κ3) is 5.99. The number of piperazine rings is 1. The number of nitrogens with zero attached hydrogens (tertiary/aromatic N) is 3. The quantitative estimate of drug-likeness (QED) is 0.704. The lowest BCUT2D eigenvalue weighted by Crippen LogP contribution is -2.54. The normalized spacial score (nSPS) is 16.8. The molecule has 2 rings (SSSR count). The second-order valence-electron chi connectivity index (χ2n) is 6.67. The molecule has 8 heteroatoms. The number of anilines is 1. The first-order valence-corrected chi connectivity index (χ1v) is 10.1. The summed E-state index contributed by atoms with van der Waals surface area (Å²) >= 11 is 3.20. The second-order valence-corrected chi connectivity index (χ2v) is 7.58. The average molecular weight is 443 g/mol. The summed E-state index contributed by atoms with van der Waals surface area (Å²) in [5.74, 6) is -0.557. The van der Waals surface area contributed by atoms with Gasteiger partial charge in [-0.3, -0.25) is 19.4 Å². The van der Waals surface area contributed by atoms with E-state index < -0.39 is 5.82 Å². The zero-order valence-corrected chi connectivity index (χ0v) is 17.8. The molecule has 0 bridgehead atoms. The van der Waals surface area contributed by atoms with Crippen LogP contribution in [-0.4, -0.2) is 78.4 Å². The van der Waals surface area contributed by atoms with Crippen molar-refractivity contribution in [1.29, 1.82) is 0 Å². The smallest absolute Gasteiger partial charge is 0.241 e. The molecule has 1 aliphatic heterocycles. The SMILES string of the molecule is CCN(CC)C(=O)CN1CCN(C(C)C(=O)Nc2ccc(Br)cc2F)CC1. The van der Waals surface area contributed by atoms with E-state index in [9.17, 15) is 14.0 Å². The molecule has 0 radical (unpaired) electrons. The number of amides is 2. The molecule has 1 fully saturated rings. The fraction of sp³-hybridized carbons (Fsp3) is 0.579. The highest BCUT2D eigenvalue weighted by Gasteiger charge is 2.27. The van der Waals surface area contributed by atoms with Gasteiger partial charge >= 0.3 is 0 Å². The number of benzene rings is 1. The largest absolute Gasteiger partial charge is 0.342 e. The number of carbonyl (C=O) groups is 2. The predicted octanol–water partition coefficient (Wildman–Crippen LogP) is 2.40. The van der Waals surface area contributed by atoms with Crippen molar-refractivity contribution in [3.05, 3.63) is 28.5 Å². The van der Waals surface area contributed by atoms with Crippen LogP contribution in [0.1, 0.15) is 20.8 Å². The van der Waals surface area contributed by atoms with Crippen molar-refractivity contribution in [2.24, 2.45) is 0 Å². The van der Waals surface area contributed by atoms with Crippen LogP contribution < -0.4 is 5.32 Å². The summed E-state index contributed by atoms with van der Waals surface area (Å²) in [7, 11) is 0. The summed E-state index contributed by atoms with van der Waals surface area (Å²) in [6, 6.07) is 4.19. The summed E-state index contributed by atoms with van der Waals surface area (Å²) in [6.45, 7) is 10.5. The summed E-state index contributed by atoms with van der Waals surface area (Å²) in [5, 5.41) is 2.66. The zero-order chi connectivity index (χ0) is 20.0. The molecule has 0 aliphatic carbocycles. The van der Waals surface area contributed by atoms with Gasteiger partial charge in [0.1, 0.15) is 5.82 Å². The van der Waals surface area contributed by atoms with E-state index >= 15 is 0 Å². The van der Waals surface area contributed by atoms with Crippen LogP contribution in [0.5, 0.6) is 0 Å². The Morgan fingerprint density at radius 3 is 2.41 bits per heavy atom. The predicted molar refractivity (Wildman–Crippen MR) is 108 cm³/mol. The van der Waals surface area contributed by atoms with Gasteiger partial charge in [0.2, 0.25) is 11.8 Å². The van der Waals surface area contributed by atoms with E-state index in [1.165, 1.54) is 6.07 Å². The molecule has 1 atom stereocenters. The van der Waals surface area contributed by atoms with E-state index in [4.69, 9.17) is 0 Å². The van der Waals surface area contributed by atoms with Gasteiger partial charge in [-0.15, -0.1) is 0 Å². The summed E-state index contributed by atoms with van der Waals surface area (Å²) in [6.07, 6.45) is 0. The van der Waals surface area contributed by atoms with Crippen LogP contribution in [0, 0.1) is 5.82 Å². The van der Waals surface area contributed by atoms with Crippen LogP contribution in [0.25, 0.3) is 0 Å². The Balaban J connectivity index is 1.84. The zero-order valence-electron chi connectivity index (χ0n) is 16.2. The number of halogens is 2. The number of carbonyl (C=O) groups excluding carboxylic acids is 2. The molecule has 0 aromatic heterocycles. The van der Waals surface area contributed by atoms with Crippen molar-refractivity contribution in [2.75, 3.05) is 51.1 Å². The molecule has 1 heterocycles. The molecule has 2 amide bonds. The maximum atomic E-state index is 13.9. The lowest BCUT2D eigenvalue weighted by molar-refractivity contribution is -0.133. The van der Waals surface area contributed by atoms with Crippen molar-refractivity contribution in [3.8, 4) is 0 Å². The van der Waals surface area contributed by atoms with Gasteiger partial charge in [-0.25, -0.2) is 4.39 Å². The fourth-order valence-corrected chi connectivity index (χ4v) is 3.50. The Hall–Kier alpha value is -1.51. The molecule has 1 saturated heterocycles. The van der Waals surface area contributed by atoms with Crippen LogP contribution in [0.15, 0.2) is 22.7 Å². The van der Waals surface area contributed by atoms with Crippen LogP contribution in [0.2, 0.25) is 0 Å². The first-order chi connectivity index (χ1) is 12.8. The van der Waals surface area contributed by atoms with E-state index in [-0.39, 0.29) is 23.5 Å². The third-order valence-corrected chi connectivity index (χ3v) is 5.49. The molecule has 150 valence electrons. The van der Waals surface area contributed by atoms with Crippen molar-refractivity contribution >= 4 is 33.4 Å². The van der Waals surface area contributed by atoms with E-state index in [0.717, 1.165) is 26.2 Å². The summed E-state index contributed by atoms with van der Waals surface area (Å²) in [5.41, 5.74) is 0.179. The molecule has 6 nitrogen and oxygen atoms in total. The van der Waals surface area contributed by atoms with Crippen LogP contribution in [-0.2, 0) is 9.59 Å². The molecule has 1 aromatic carbocycles. The van der Waals surface area contributed by atoms with Crippen molar-refractivity contribution in [3.63, 3.8) is 0 Å². The number of hydrogen-bond acceptors (Lipinski definition) is 4. The molecule has 0 spiro atoms. The molecule has 1 aliphatic rings. The van der Waals surface area contributed by atoms with Gasteiger partial charge in [0.15, 0.2) is 0 Å². The van der Waals surface area contributed by atoms with Crippen molar-refractivity contribution in [2.45, 2.75) is 26.8 Å². The van der Waals surface area contributed by atoms with Crippen molar-refractivity contribution < 1.29 is 14.0 Å². The highest BCUT2D eigenvalue weighted by Crippen LogP contribution is 2.20. The number of likely N-dealkylation sites (N-methyl/N-ethyl adjacent to an activating group) is 1. The molecule has 1 unspecified atom stereocenters. The van der Waals surface area contributed by atoms with Gasteiger partial charge in [0.05, 0.1) is 18.3 Å². The minimum absolute atomic E-state index is 0.143. The average Bonchev–Trinajstić information content (AvgIpc) is 2.65. The highest BCUT2D eigenvalue weighted by atomic mass is 79.9. The van der Waals surface area contributed by atoms with Gasteiger partial charge in [-0.2, -0.15) is 0 Å². The topological polar surface area (TPSA) is 55.9 Å². The lowest BCUT2D eigenvalue weighted by Gasteiger charge is -2.37. The molecular formula is C19H28BrFN4O2. The van der Waals surface area contributed by atoms with Gasteiger partial charge < -0.3 is 10.2 Å². The first-order valence-electron chi connectivity index (χ1n) is 9.35. The maximum absolute atomic E-state index is 13.9. The molecular weight excluding hydrogens is 415 g/mol. The number of hydrogen-bond donors (Lipinski definition) is 1. The Morgan fingerprint density at radius 2 is 1.85 bits per heavy atom. The van der Waals surface area contributed by atoms with Crippen LogP contribution >= 0.6 is 15.9 Å². The minimum Gasteiger partial charge on any atom is -0.342 e. The molecule has 1 aromatic rings. The number of nitrogens with one attached hydrogen (secondary N) is 1. The Kier molecular flexibility index (Phi) is 8.19. The van der Waals surface area contributed by atoms with E-state index in [0.29, 0.717) is 24.1 Å². The number of rotatable bonds is 7. The second kappa shape index (κ2) is 10.1. The molecule has 27 heavy (non-hydrogen) atoms. The highest BCUT2D eigenvalue weighted by molar-refractivity contribution is 9.10. The van der Waals surface area contributed by atoms with Crippen LogP contribution in [0.4, 0.5) is 10.1 Å². The monoisotopic (exact) mass is 442 g/mol. The Morgan fingerprint density at radius 1 is 1.22 bits per heavy atom. The molecule has 0 saturated carbocycles. The minimum atomic E-state index is -0.468. The lowest BCUT2D eigenvalue weighted by atomic mass is 10.2. The Labute approximate surface area is 168 Å². The summed E-state index contributed by atoms with van der Waals surface area (Å²) in [4.78, 5) is 30.7. The van der Waals surface area contributed by atoms with Gasteiger partial charge in [0, 0.05) is 43.7 Å². The van der Waals surface area contributed by atoms with E-state index in [1.807, 2.05) is 25.7 Å². The van der Waals surface area contributed by atoms with E-state index in [1.54, 1.807) is 12.1 Å². The first kappa shape index (κ1) is 21.8. The van der Waals surface area contributed by atoms with Crippen LogP contribution in [0.3, 0.4) is 0 Å². The maximum Gasteiger partial charge on any atom is 0.241 e. The fourth-order valence-electron chi connectivity index (χ4n) is 3.17. The van der Waals surface area contributed by atoms with Gasteiger partial charge in [-0.1, -0.05) is 15.9 Å². The standard InChI is InChI=1S/C19H28BrFN4O2/c1-4-24(5-2)18(26)13-23-8-10-25(11-9-23)14(3)19(27)22-17-7-6-15(20)12-16(17)21/h6-7,12,14H,4-5,8-11,13H2,1-3H3,(H,22,27). The van der Waals surface area contributed by atoms with Crippen molar-refractivity contribution in [1.82, 2.24) is 14.7 Å². The van der Waals surface area contributed by atoms with Gasteiger partial charge in [0.25, 0.3) is 0 Å². The van der Waals surface area contributed by atoms with E-state index in [2.05, 4.69) is 31.0 Å².